The van der Waals surface area contributed by atoms with Gasteiger partial charge in [0.05, 0.1) is 5.56 Å². The average molecular weight is 367 g/mol. The molecule has 2 aromatic rings. The molecule has 0 saturated carbocycles. The fourth-order valence-corrected chi connectivity index (χ4v) is 3.61. The zero-order valence-electron chi connectivity index (χ0n) is 11.0. The third kappa shape index (κ3) is 4.39. The van der Waals surface area contributed by atoms with Gasteiger partial charge in [0.25, 0.3) is 5.91 Å². The molecule has 2 rings (SSSR count). The molecule has 0 saturated heterocycles. The van der Waals surface area contributed by atoms with Crippen LogP contribution in [0.15, 0.2) is 28.6 Å². The van der Waals surface area contributed by atoms with Gasteiger partial charge in [-0.2, -0.15) is 13.2 Å². The normalized spacial score (nSPS) is 12.1. The van der Waals surface area contributed by atoms with Crippen molar-refractivity contribution in [3.63, 3.8) is 0 Å². The van der Waals surface area contributed by atoms with E-state index in [-0.39, 0.29) is 27.8 Å². The van der Waals surface area contributed by atoms with Crippen molar-refractivity contribution < 1.29 is 31.5 Å². The highest BCUT2D eigenvalue weighted by Crippen LogP contribution is 2.27. The van der Waals surface area contributed by atoms with E-state index >= 15 is 0 Å². The maximum atomic E-state index is 12.2. The number of nitrogens with one attached hydrogen (secondary N) is 1. The Labute approximate surface area is 131 Å². The number of para-hydroxylation sites is 1. The second-order valence-corrected chi connectivity index (χ2v) is 7.36. The van der Waals surface area contributed by atoms with E-state index in [4.69, 9.17) is 0 Å². The number of halogens is 3. The largest absolute Gasteiger partial charge is 0.507 e. The fourth-order valence-electron chi connectivity index (χ4n) is 1.49. The highest BCUT2D eigenvalue weighted by molar-refractivity contribution is 7.93. The first kappa shape index (κ1) is 17.1. The minimum Gasteiger partial charge on any atom is -0.507 e. The lowest BCUT2D eigenvalue weighted by molar-refractivity contribution is -0.106. The molecule has 23 heavy (non-hydrogen) atoms. The number of hydrogen-bond donors (Lipinski definition) is 2. The van der Waals surface area contributed by atoms with Crippen LogP contribution in [0.5, 0.6) is 5.75 Å². The first-order valence-corrected chi connectivity index (χ1v) is 8.28. The van der Waals surface area contributed by atoms with E-state index < -0.39 is 32.0 Å². The van der Waals surface area contributed by atoms with Gasteiger partial charge in [-0.25, -0.2) is 8.42 Å². The molecular formula is C11H8F3N3O4S2. The highest BCUT2D eigenvalue weighted by Gasteiger charge is 2.38. The fraction of sp³-hybridized carbons (Fsp3) is 0.182. The van der Waals surface area contributed by atoms with Gasteiger partial charge in [0.2, 0.25) is 19.3 Å². The number of anilines is 1. The molecule has 0 radical (unpaired) electrons. The Kier molecular flexibility index (Phi) is 4.56. The zero-order chi connectivity index (χ0) is 17.3. The molecular weight excluding hydrogens is 359 g/mol. The molecule has 1 aromatic carbocycles. The number of sulfone groups is 1. The molecule has 0 unspecified atom stereocenters. The van der Waals surface area contributed by atoms with Crippen LogP contribution in [0, 0.1) is 0 Å². The van der Waals surface area contributed by atoms with Gasteiger partial charge in [-0.15, -0.1) is 10.2 Å². The van der Waals surface area contributed by atoms with Crippen molar-refractivity contribution in [2.45, 2.75) is 10.5 Å². The van der Waals surface area contributed by atoms with Gasteiger partial charge in [0.15, 0.2) is 5.75 Å². The van der Waals surface area contributed by atoms with Gasteiger partial charge in [-0.3, -0.25) is 10.1 Å². The van der Waals surface area contributed by atoms with Crippen molar-refractivity contribution in [2.24, 2.45) is 0 Å². The lowest BCUT2D eigenvalue weighted by Crippen LogP contribution is -2.22. The molecule has 0 bridgehead atoms. The van der Waals surface area contributed by atoms with E-state index in [0.29, 0.717) is 0 Å². The lowest BCUT2D eigenvalue weighted by atomic mass is 10.2. The molecule has 124 valence electrons. The van der Waals surface area contributed by atoms with Crippen LogP contribution in [0.4, 0.5) is 18.3 Å². The number of rotatable bonds is 4. The van der Waals surface area contributed by atoms with Crippen LogP contribution < -0.4 is 5.32 Å². The maximum Gasteiger partial charge on any atom is 0.403 e. The summed E-state index contributed by atoms with van der Waals surface area (Å²) in [5.74, 6) is -3.19. The van der Waals surface area contributed by atoms with Gasteiger partial charge in [-0.1, -0.05) is 23.5 Å². The Morgan fingerprint density at radius 2 is 1.91 bits per heavy atom. The van der Waals surface area contributed by atoms with Crippen molar-refractivity contribution in [3.8, 4) is 5.75 Å². The molecule has 1 aromatic heterocycles. The van der Waals surface area contributed by atoms with Crippen molar-refractivity contribution in [1.29, 1.82) is 0 Å². The second-order valence-electron chi connectivity index (χ2n) is 4.22. The number of hydrogen-bond acceptors (Lipinski definition) is 7. The van der Waals surface area contributed by atoms with Crippen LogP contribution in [-0.2, 0) is 9.84 Å². The van der Waals surface area contributed by atoms with Crippen LogP contribution in [0.2, 0.25) is 0 Å². The van der Waals surface area contributed by atoms with Crippen molar-refractivity contribution in [2.75, 3.05) is 11.1 Å². The van der Waals surface area contributed by atoms with Crippen LogP contribution in [0.25, 0.3) is 0 Å². The van der Waals surface area contributed by atoms with Gasteiger partial charge in [0, 0.05) is 0 Å². The molecule has 1 heterocycles. The topological polar surface area (TPSA) is 109 Å². The number of aromatic nitrogens is 2. The van der Waals surface area contributed by atoms with E-state index in [1.54, 1.807) is 0 Å². The number of carbonyl (C=O) groups is 1. The Bertz CT molecular complexity index is 833. The van der Waals surface area contributed by atoms with Crippen molar-refractivity contribution in [1.82, 2.24) is 10.2 Å². The minimum absolute atomic E-state index is 0.109. The second kappa shape index (κ2) is 6.12. The standard InChI is InChI=1S/C11H8F3N3O4S2/c12-11(13,14)5-23(20,21)10-17-16-9(22-10)15-8(19)6-3-1-2-4-7(6)18/h1-4,18H,5H2,(H,15,16,19). The van der Waals surface area contributed by atoms with E-state index in [1.807, 2.05) is 0 Å². The van der Waals surface area contributed by atoms with Crippen molar-refractivity contribution >= 4 is 32.2 Å². The average Bonchev–Trinajstić information content (AvgIpc) is 2.85. The van der Waals surface area contributed by atoms with Gasteiger partial charge >= 0.3 is 6.18 Å². The van der Waals surface area contributed by atoms with Crippen LogP contribution in [-0.4, -0.2) is 41.6 Å². The predicted molar refractivity (Wildman–Crippen MR) is 74.1 cm³/mol. The Balaban J connectivity index is 2.17. The van der Waals surface area contributed by atoms with Crippen LogP contribution in [0.1, 0.15) is 10.4 Å². The number of amides is 1. The summed E-state index contributed by atoms with van der Waals surface area (Å²) < 4.78 is 58.8. The number of phenolic OH excluding ortho intramolecular Hbond substituents is 1. The van der Waals surface area contributed by atoms with Crippen LogP contribution in [0.3, 0.4) is 0 Å². The molecule has 0 aliphatic carbocycles. The molecule has 2 N–H and O–H groups in total. The quantitative estimate of drug-likeness (QED) is 0.798. The van der Waals surface area contributed by atoms with E-state index in [2.05, 4.69) is 15.5 Å². The van der Waals surface area contributed by atoms with E-state index in [9.17, 15) is 31.5 Å². The maximum absolute atomic E-state index is 12.2. The van der Waals surface area contributed by atoms with Gasteiger partial charge in [-0.05, 0) is 12.1 Å². The number of benzene rings is 1. The minimum atomic E-state index is -4.91. The molecule has 1 amide bonds. The first-order valence-electron chi connectivity index (χ1n) is 5.81. The van der Waals surface area contributed by atoms with E-state index in [0.717, 1.165) is 0 Å². The summed E-state index contributed by atoms with van der Waals surface area (Å²) in [5, 5.41) is 17.8. The highest BCUT2D eigenvalue weighted by atomic mass is 32.2. The molecule has 0 aliphatic rings. The van der Waals surface area contributed by atoms with Crippen molar-refractivity contribution in [3.05, 3.63) is 29.8 Å². The smallest absolute Gasteiger partial charge is 0.403 e. The molecule has 7 nitrogen and oxygen atoms in total. The molecule has 12 heteroatoms. The third-order valence-electron chi connectivity index (χ3n) is 2.40. The first-order chi connectivity index (χ1) is 10.6. The summed E-state index contributed by atoms with van der Waals surface area (Å²) in [6.45, 7) is 0. The molecule has 0 atom stereocenters. The van der Waals surface area contributed by atoms with E-state index in [1.165, 1.54) is 24.3 Å². The summed E-state index contributed by atoms with van der Waals surface area (Å²) >= 11 is 0.286. The number of alkyl halides is 3. The molecule has 0 spiro atoms. The third-order valence-corrected chi connectivity index (χ3v) is 5.36. The summed E-state index contributed by atoms with van der Waals surface area (Å²) in [6, 6.07) is 5.52. The van der Waals surface area contributed by atoms with Gasteiger partial charge < -0.3 is 5.11 Å². The van der Waals surface area contributed by atoms with Gasteiger partial charge in [0.1, 0.15) is 5.75 Å². The SMILES string of the molecule is O=C(Nc1nnc(S(=O)(=O)CC(F)(F)F)s1)c1ccccc1O. The Hall–Kier alpha value is -2.21. The number of carbonyl (C=O) groups excluding carboxylic acids is 1. The lowest BCUT2D eigenvalue weighted by Gasteiger charge is -2.04. The monoisotopic (exact) mass is 367 g/mol. The number of aromatic hydroxyl groups is 1. The molecule has 0 fully saturated rings. The summed E-state index contributed by atoms with van der Waals surface area (Å²) in [5.41, 5.74) is -0.109. The Morgan fingerprint density at radius 3 is 2.52 bits per heavy atom. The number of nitrogens with zero attached hydrogens (tertiary/aromatic N) is 2. The number of phenols is 1. The predicted octanol–water partition coefficient (Wildman–Crippen LogP) is 1.83. The molecule has 0 aliphatic heterocycles. The zero-order valence-corrected chi connectivity index (χ0v) is 12.7. The van der Waals surface area contributed by atoms with Crippen LogP contribution >= 0.6 is 11.3 Å². The summed E-state index contributed by atoms with van der Waals surface area (Å²) in [4.78, 5) is 11.9. The summed E-state index contributed by atoms with van der Waals surface area (Å²) in [7, 11) is -4.69. The summed E-state index contributed by atoms with van der Waals surface area (Å²) in [6.07, 6.45) is -4.91. The Morgan fingerprint density at radius 1 is 1.26 bits per heavy atom.